The monoisotopic (exact) mass is 222 g/mol. The molecule has 15 heavy (non-hydrogen) atoms. The summed E-state index contributed by atoms with van der Waals surface area (Å²) in [6, 6.07) is 6.69. The van der Waals surface area contributed by atoms with Gasteiger partial charge in [-0.25, -0.2) is 9.37 Å². The van der Waals surface area contributed by atoms with E-state index in [0.29, 0.717) is 5.56 Å². The first-order chi connectivity index (χ1) is 7.22. The van der Waals surface area contributed by atoms with E-state index in [1.165, 1.54) is 17.4 Å². The molecule has 2 rings (SSSR count). The molecule has 0 atom stereocenters. The van der Waals surface area contributed by atoms with Crippen LogP contribution in [0.4, 0.5) is 9.39 Å². The number of hydrogen-bond acceptors (Lipinski definition) is 3. The van der Waals surface area contributed by atoms with Crippen LogP contribution in [0.5, 0.6) is 0 Å². The predicted octanol–water partition coefficient (Wildman–Crippen LogP) is 3.30. The van der Waals surface area contributed by atoms with Gasteiger partial charge in [-0.3, -0.25) is 0 Å². The van der Waals surface area contributed by atoms with E-state index in [9.17, 15) is 4.39 Å². The SMILES string of the molecule is CNc1sc(-c2ccccc2F)nc1C. The number of nitrogens with one attached hydrogen (secondary N) is 1. The molecular formula is C11H11FN2S. The van der Waals surface area contributed by atoms with E-state index >= 15 is 0 Å². The highest BCUT2D eigenvalue weighted by Gasteiger charge is 2.11. The van der Waals surface area contributed by atoms with Crippen molar-refractivity contribution in [2.45, 2.75) is 6.92 Å². The van der Waals surface area contributed by atoms with Gasteiger partial charge in [-0.15, -0.1) is 0 Å². The van der Waals surface area contributed by atoms with Crippen molar-refractivity contribution in [3.05, 3.63) is 35.8 Å². The zero-order valence-corrected chi connectivity index (χ0v) is 9.36. The van der Waals surface area contributed by atoms with E-state index in [0.717, 1.165) is 15.7 Å². The van der Waals surface area contributed by atoms with Crippen LogP contribution in [0.2, 0.25) is 0 Å². The fourth-order valence-corrected chi connectivity index (χ4v) is 2.33. The number of hydrogen-bond donors (Lipinski definition) is 1. The lowest BCUT2D eigenvalue weighted by Gasteiger charge is -1.96. The van der Waals surface area contributed by atoms with Crippen LogP contribution >= 0.6 is 11.3 Å². The average molecular weight is 222 g/mol. The molecule has 0 saturated heterocycles. The van der Waals surface area contributed by atoms with E-state index in [1.807, 2.05) is 20.0 Å². The van der Waals surface area contributed by atoms with Gasteiger partial charge in [0.05, 0.1) is 5.69 Å². The largest absolute Gasteiger partial charge is 0.378 e. The molecule has 0 aliphatic heterocycles. The van der Waals surface area contributed by atoms with Crippen LogP contribution in [0, 0.1) is 12.7 Å². The predicted molar refractivity (Wildman–Crippen MR) is 61.8 cm³/mol. The third-order valence-electron chi connectivity index (χ3n) is 2.13. The summed E-state index contributed by atoms with van der Waals surface area (Å²) in [6.07, 6.45) is 0. The summed E-state index contributed by atoms with van der Waals surface area (Å²) in [6.45, 7) is 1.91. The molecule has 0 saturated carbocycles. The molecule has 1 N–H and O–H groups in total. The van der Waals surface area contributed by atoms with Gasteiger partial charge >= 0.3 is 0 Å². The van der Waals surface area contributed by atoms with Crippen molar-refractivity contribution >= 4 is 16.3 Å². The number of thiazole rings is 1. The van der Waals surface area contributed by atoms with Gasteiger partial charge in [0.1, 0.15) is 15.8 Å². The van der Waals surface area contributed by atoms with Gasteiger partial charge < -0.3 is 5.32 Å². The minimum absolute atomic E-state index is 0.228. The second-order valence-electron chi connectivity index (χ2n) is 3.16. The molecule has 0 unspecified atom stereocenters. The molecule has 0 amide bonds. The van der Waals surface area contributed by atoms with Crippen LogP contribution in [0.15, 0.2) is 24.3 Å². The second kappa shape index (κ2) is 3.98. The molecule has 4 heteroatoms. The van der Waals surface area contributed by atoms with Crippen molar-refractivity contribution in [2.75, 3.05) is 12.4 Å². The van der Waals surface area contributed by atoms with E-state index in [-0.39, 0.29) is 5.82 Å². The van der Waals surface area contributed by atoms with Crippen LogP contribution in [0.1, 0.15) is 5.69 Å². The number of benzene rings is 1. The van der Waals surface area contributed by atoms with E-state index in [4.69, 9.17) is 0 Å². The van der Waals surface area contributed by atoms with Gasteiger partial charge in [0.2, 0.25) is 0 Å². The average Bonchev–Trinajstić information content (AvgIpc) is 2.60. The highest BCUT2D eigenvalue weighted by molar-refractivity contribution is 7.19. The maximum atomic E-state index is 13.5. The zero-order valence-electron chi connectivity index (χ0n) is 8.54. The number of aromatic nitrogens is 1. The molecule has 0 fully saturated rings. The lowest BCUT2D eigenvalue weighted by Crippen LogP contribution is -1.85. The molecule has 0 aliphatic carbocycles. The van der Waals surface area contributed by atoms with Gasteiger partial charge in [0, 0.05) is 12.6 Å². The Morgan fingerprint density at radius 3 is 2.67 bits per heavy atom. The molecule has 0 bridgehead atoms. The van der Waals surface area contributed by atoms with Crippen molar-refractivity contribution in [1.29, 1.82) is 0 Å². The minimum Gasteiger partial charge on any atom is -0.378 e. The summed E-state index contributed by atoms with van der Waals surface area (Å²) in [7, 11) is 1.84. The molecule has 0 spiro atoms. The molecule has 2 nitrogen and oxygen atoms in total. The number of halogens is 1. The van der Waals surface area contributed by atoms with Gasteiger partial charge in [-0.1, -0.05) is 23.5 Å². The maximum absolute atomic E-state index is 13.5. The third kappa shape index (κ3) is 1.85. The standard InChI is InChI=1S/C11H11FN2S/c1-7-10(13-2)15-11(14-7)8-5-3-4-6-9(8)12/h3-6,13H,1-2H3. The van der Waals surface area contributed by atoms with Crippen LogP contribution < -0.4 is 5.32 Å². The first-order valence-corrected chi connectivity index (χ1v) is 5.44. The lowest BCUT2D eigenvalue weighted by molar-refractivity contribution is 0.631. The van der Waals surface area contributed by atoms with Crippen molar-refractivity contribution in [2.24, 2.45) is 0 Å². The third-order valence-corrected chi connectivity index (χ3v) is 3.34. The zero-order chi connectivity index (χ0) is 10.8. The molecule has 0 radical (unpaired) electrons. The Kier molecular flexibility index (Phi) is 2.68. The summed E-state index contributed by atoms with van der Waals surface area (Å²) in [4.78, 5) is 4.33. The second-order valence-corrected chi connectivity index (χ2v) is 4.16. The fourth-order valence-electron chi connectivity index (χ4n) is 1.38. The topological polar surface area (TPSA) is 24.9 Å². The highest BCUT2D eigenvalue weighted by Crippen LogP contribution is 2.32. The highest BCUT2D eigenvalue weighted by atomic mass is 32.1. The van der Waals surface area contributed by atoms with Gasteiger partial charge in [0.25, 0.3) is 0 Å². The summed E-state index contributed by atoms with van der Waals surface area (Å²) in [5.41, 5.74) is 1.47. The smallest absolute Gasteiger partial charge is 0.133 e. The Balaban J connectivity index is 2.50. The van der Waals surface area contributed by atoms with E-state index in [1.54, 1.807) is 12.1 Å². The van der Waals surface area contributed by atoms with Crippen LogP contribution in [-0.2, 0) is 0 Å². The molecular weight excluding hydrogens is 211 g/mol. The fraction of sp³-hybridized carbons (Fsp3) is 0.182. The number of nitrogens with zero attached hydrogens (tertiary/aromatic N) is 1. The van der Waals surface area contributed by atoms with Gasteiger partial charge in [0.15, 0.2) is 0 Å². The quantitative estimate of drug-likeness (QED) is 0.843. The molecule has 78 valence electrons. The maximum Gasteiger partial charge on any atom is 0.133 e. The number of rotatable bonds is 2. The Hall–Kier alpha value is -1.42. The Bertz CT molecular complexity index is 479. The van der Waals surface area contributed by atoms with E-state index < -0.39 is 0 Å². The molecule has 1 aromatic heterocycles. The summed E-state index contributed by atoms with van der Waals surface area (Å²) < 4.78 is 13.5. The lowest BCUT2D eigenvalue weighted by atomic mass is 10.2. The Labute approximate surface area is 91.8 Å². The van der Waals surface area contributed by atoms with E-state index in [2.05, 4.69) is 10.3 Å². The number of anilines is 1. The van der Waals surface area contributed by atoms with Crippen LogP contribution in [0.25, 0.3) is 10.6 Å². The summed E-state index contributed by atoms with van der Waals surface area (Å²) in [5, 5.41) is 4.74. The van der Waals surface area contributed by atoms with Crippen LogP contribution in [0.3, 0.4) is 0 Å². The number of aryl methyl sites for hydroxylation is 1. The van der Waals surface area contributed by atoms with Crippen molar-refractivity contribution in [3.8, 4) is 10.6 Å². The van der Waals surface area contributed by atoms with Crippen molar-refractivity contribution < 1.29 is 4.39 Å². The molecule has 2 aromatic rings. The first kappa shape index (κ1) is 10.1. The normalized spacial score (nSPS) is 10.3. The minimum atomic E-state index is -0.228. The van der Waals surface area contributed by atoms with Crippen molar-refractivity contribution in [3.63, 3.8) is 0 Å². The summed E-state index contributed by atoms with van der Waals surface area (Å²) >= 11 is 1.46. The van der Waals surface area contributed by atoms with Gasteiger partial charge in [-0.05, 0) is 19.1 Å². The van der Waals surface area contributed by atoms with Crippen LogP contribution in [-0.4, -0.2) is 12.0 Å². The molecule has 0 aliphatic rings. The Morgan fingerprint density at radius 2 is 2.07 bits per heavy atom. The summed E-state index contributed by atoms with van der Waals surface area (Å²) in [5.74, 6) is -0.228. The van der Waals surface area contributed by atoms with Crippen molar-refractivity contribution in [1.82, 2.24) is 4.98 Å². The molecule has 1 aromatic carbocycles. The molecule has 1 heterocycles. The first-order valence-electron chi connectivity index (χ1n) is 4.62. The Morgan fingerprint density at radius 1 is 1.33 bits per heavy atom. The van der Waals surface area contributed by atoms with Gasteiger partial charge in [-0.2, -0.15) is 0 Å².